The number of amidine groups is 1. The summed E-state index contributed by atoms with van der Waals surface area (Å²) in [6.45, 7) is 2.16. The molecule has 1 N–H and O–H groups in total. The Labute approximate surface area is 101 Å². The summed E-state index contributed by atoms with van der Waals surface area (Å²) in [5.41, 5.74) is 0. The van der Waals surface area contributed by atoms with Crippen LogP contribution in [0, 0.1) is 0 Å². The maximum Gasteiger partial charge on any atom is 0.0963 e. The number of thioether (sulfide) groups is 2. The Morgan fingerprint density at radius 3 is 3.13 bits per heavy atom. The maximum atomic E-state index is 4.60. The third-order valence-corrected chi connectivity index (χ3v) is 5.64. The van der Waals surface area contributed by atoms with Crippen LogP contribution in [0.25, 0.3) is 0 Å². The molecule has 0 bridgehead atoms. The molecule has 2 aliphatic heterocycles. The Morgan fingerprint density at radius 1 is 1.27 bits per heavy atom. The Balaban J connectivity index is 1.69. The molecular weight excluding hydrogens is 224 g/mol. The lowest BCUT2D eigenvalue weighted by Gasteiger charge is -2.22. The van der Waals surface area contributed by atoms with Crippen molar-refractivity contribution < 1.29 is 0 Å². The predicted octanol–water partition coefficient (Wildman–Crippen LogP) is 2.40. The molecule has 86 valence electrons. The molecule has 0 radical (unpaired) electrons. The van der Waals surface area contributed by atoms with Crippen molar-refractivity contribution >= 4 is 29.4 Å². The van der Waals surface area contributed by atoms with Gasteiger partial charge in [-0.05, 0) is 12.8 Å². The molecule has 0 spiro atoms. The monoisotopic (exact) mass is 244 g/mol. The van der Waals surface area contributed by atoms with Crippen LogP contribution in [0.2, 0.25) is 0 Å². The summed E-state index contributed by atoms with van der Waals surface area (Å²) in [4.78, 5) is 4.60. The Morgan fingerprint density at radius 2 is 2.27 bits per heavy atom. The molecule has 1 atom stereocenters. The molecule has 0 aromatic rings. The van der Waals surface area contributed by atoms with E-state index in [1.165, 1.54) is 48.8 Å². The number of rotatable bonds is 2. The highest BCUT2D eigenvalue weighted by atomic mass is 32.2. The van der Waals surface area contributed by atoms with Crippen molar-refractivity contribution in [2.45, 2.75) is 30.9 Å². The second kappa shape index (κ2) is 6.69. The zero-order valence-electron chi connectivity index (χ0n) is 9.21. The van der Waals surface area contributed by atoms with Crippen LogP contribution < -0.4 is 5.32 Å². The van der Waals surface area contributed by atoms with Gasteiger partial charge in [0.25, 0.3) is 0 Å². The van der Waals surface area contributed by atoms with Crippen molar-refractivity contribution in [2.75, 3.05) is 30.3 Å². The zero-order valence-corrected chi connectivity index (χ0v) is 10.8. The van der Waals surface area contributed by atoms with Gasteiger partial charge in [0.1, 0.15) is 0 Å². The van der Waals surface area contributed by atoms with Gasteiger partial charge < -0.3 is 5.32 Å². The summed E-state index contributed by atoms with van der Waals surface area (Å²) in [5.74, 6) is 5.24. The van der Waals surface area contributed by atoms with Crippen molar-refractivity contribution in [3.05, 3.63) is 0 Å². The summed E-state index contributed by atoms with van der Waals surface area (Å²) in [6, 6.07) is 0. The first-order valence-corrected chi connectivity index (χ1v) is 8.12. The van der Waals surface area contributed by atoms with Gasteiger partial charge in [0.2, 0.25) is 0 Å². The van der Waals surface area contributed by atoms with Gasteiger partial charge in [-0.15, -0.1) is 0 Å². The van der Waals surface area contributed by atoms with Gasteiger partial charge in [0.15, 0.2) is 0 Å². The first-order valence-electron chi connectivity index (χ1n) is 5.92. The molecular formula is C11H20N2S2. The Kier molecular flexibility index (Phi) is 5.19. The standard InChI is InChI=1S/C11H20N2S2/c1-2-4-11(12-5-3-1)13-8-10-9-14-6-7-15-10/h10H,1-9H2,(H,12,13). The van der Waals surface area contributed by atoms with Crippen LogP contribution in [-0.4, -0.2) is 41.4 Å². The highest BCUT2D eigenvalue weighted by Crippen LogP contribution is 2.23. The van der Waals surface area contributed by atoms with E-state index < -0.39 is 0 Å². The fraction of sp³-hybridized carbons (Fsp3) is 0.909. The predicted molar refractivity (Wildman–Crippen MR) is 72.3 cm³/mol. The molecule has 0 aromatic carbocycles. The number of aliphatic imine (C=N–C) groups is 1. The van der Waals surface area contributed by atoms with E-state index in [4.69, 9.17) is 0 Å². The van der Waals surface area contributed by atoms with E-state index in [2.05, 4.69) is 33.8 Å². The molecule has 0 aliphatic carbocycles. The summed E-state index contributed by atoms with van der Waals surface area (Å²) < 4.78 is 0. The van der Waals surface area contributed by atoms with Crippen LogP contribution in [0.1, 0.15) is 25.7 Å². The number of nitrogens with one attached hydrogen (secondary N) is 1. The number of hydrogen-bond donors (Lipinski definition) is 1. The topological polar surface area (TPSA) is 24.4 Å². The minimum absolute atomic E-state index is 0.801. The van der Waals surface area contributed by atoms with E-state index in [1.807, 2.05) is 0 Å². The third-order valence-electron chi connectivity index (χ3n) is 2.79. The largest absolute Gasteiger partial charge is 0.373 e. The highest BCUT2D eigenvalue weighted by molar-refractivity contribution is 8.06. The molecule has 0 amide bonds. The minimum atomic E-state index is 0.801. The first kappa shape index (κ1) is 11.6. The van der Waals surface area contributed by atoms with Gasteiger partial charge in [-0.25, -0.2) is 0 Å². The lowest BCUT2D eigenvalue weighted by Crippen LogP contribution is -2.33. The molecule has 2 nitrogen and oxygen atoms in total. The van der Waals surface area contributed by atoms with Gasteiger partial charge in [0.05, 0.1) is 5.84 Å². The summed E-state index contributed by atoms with van der Waals surface area (Å²) in [6.07, 6.45) is 5.12. The van der Waals surface area contributed by atoms with Crippen molar-refractivity contribution in [3.8, 4) is 0 Å². The van der Waals surface area contributed by atoms with Crippen LogP contribution in [0.3, 0.4) is 0 Å². The fourth-order valence-electron chi connectivity index (χ4n) is 1.90. The summed E-state index contributed by atoms with van der Waals surface area (Å²) in [5, 5.41) is 4.35. The second-order valence-corrected chi connectivity index (χ2v) is 6.65. The average molecular weight is 244 g/mol. The van der Waals surface area contributed by atoms with Crippen molar-refractivity contribution in [3.63, 3.8) is 0 Å². The quantitative estimate of drug-likeness (QED) is 0.807. The van der Waals surface area contributed by atoms with E-state index in [-0.39, 0.29) is 0 Å². The van der Waals surface area contributed by atoms with Gasteiger partial charge in [0, 0.05) is 42.0 Å². The SMILES string of the molecule is C1CCN=C(NCC2CSCCS2)CC1. The molecule has 1 saturated heterocycles. The molecule has 0 saturated carbocycles. The van der Waals surface area contributed by atoms with E-state index in [0.29, 0.717) is 0 Å². The Bertz CT molecular complexity index is 213. The molecule has 2 rings (SSSR count). The molecule has 2 heterocycles. The van der Waals surface area contributed by atoms with Gasteiger partial charge in [-0.1, -0.05) is 6.42 Å². The summed E-state index contributed by atoms with van der Waals surface area (Å²) >= 11 is 4.21. The normalized spacial score (nSPS) is 28.0. The van der Waals surface area contributed by atoms with E-state index in [0.717, 1.165) is 18.3 Å². The van der Waals surface area contributed by atoms with Crippen LogP contribution >= 0.6 is 23.5 Å². The van der Waals surface area contributed by atoms with Crippen LogP contribution in [0.5, 0.6) is 0 Å². The molecule has 15 heavy (non-hydrogen) atoms. The van der Waals surface area contributed by atoms with Crippen molar-refractivity contribution in [2.24, 2.45) is 4.99 Å². The average Bonchev–Trinajstić information content (AvgIpc) is 2.56. The van der Waals surface area contributed by atoms with Crippen LogP contribution in [-0.2, 0) is 0 Å². The smallest absolute Gasteiger partial charge is 0.0963 e. The fourth-order valence-corrected chi connectivity index (χ4v) is 4.52. The maximum absolute atomic E-state index is 4.60. The van der Waals surface area contributed by atoms with E-state index in [1.54, 1.807) is 0 Å². The van der Waals surface area contributed by atoms with Crippen molar-refractivity contribution in [1.29, 1.82) is 0 Å². The summed E-state index contributed by atoms with van der Waals surface area (Å²) in [7, 11) is 0. The lowest BCUT2D eigenvalue weighted by molar-refractivity contribution is 0.728. The molecule has 4 heteroatoms. The third kappa shape index (κ3) is 4.27. The van der Waals surface area contributed by atoms with E-state index in [9.17, 15) is 0 Å². The zero-order chi connectivity index (χ0) is 10.3. The van der Waals surface area contributed by atoms with Crippen LogP contribution in [0.15, 0.2) is 4.99 Å². The van der Waals surface area contributed by atoms with Gasteiger partial charge >= 0.3 is 0 Å². The minimum Gasteiger partial charge on any atom is -0.373 e. The number of nitrogens with zero attached hydrogens (tertiary/aromatic N) is 1. The molecule has 0 aromatic heterocycles. The highest BCUT2D eigenvalue weighted by Gasteiger charge is 2.14. The molecule has 1 unspecified atom stereocenters. The van der Waals surface area contributed by atoms with Crippen molar-refractivity contribution in [1.82, 2.24) is 5.32 Å². The van der Waals surface area contributed by atoms with Crippen LogP contribution in [0.4, 0.5) is 0 Å². The van der Waals surface area contributed by atoms with E-state index >= 15 is 0 Å². The number of hydrogen-bond acceptors (Lipinski definition) is 4. The lowest BCUT2D eigenvalue weighted by atomic mass is 10.2. The Hall–Kier alpha value is 0.170. The van der Waals surface area contributed by atoms with Gasteiger partial charge in [-0.3, -0.25) is 4.99 Å². The molecule has 1 fully saturated rings. The first-order chi connectivity index (χ1) is 7.45. The molecule has 2 aliphatic rings. The van der Waals surface area contributed by atoms with Gasteiger partial charge in [-0.2, -0.15) is 23.5 Å². The second-order valence-electron chi connectivity index (χ2n) is 4.09.